The van der Waals surface area contributed by atoms with Gasteiger partial charge in [-0.1, -0.05) is 206 Å². The standard InChI is InChI=1S/C67H44N2/c1-5-18-45(19-6-1)48-34-39-62-57(43-48)58-44-49(46-20-7-2-8-21-46)35-40-63(58)68(62)53-37-32-47(33-38-53)50-36-41-64-56(42-50)54-26-14-16-30-61(54)69(64)65-31-17-29-60-66(65)55-27-13-15-28-59(55)67(60,51-22-9-3-10-23-51)52-24-11-4-12-25-52/h1-44H. The molecule has 0 amide bonds. The second-order valence-electron chi connectivity index (χ2n) is 18.4. The maximum absolute atomic E-state index is 2.51. The van der Waals surface area contributed by atoms with Gasteiger partial charge in [0.25, 0.3) is 0 Å². The normalized spacial score (nSPS) is 12.8. The zero-order valence-electron chi connectivity index (χ0n) is 37.8. The number of hydrogen-bond acceptors (Lipinski definition) is 0. The minimum absolute atomic E-state index is 0.474. The van der Waals surface area contributed by atoms with Crippen molar-refractivity contribution < 1.29 is 0 Å². The summed E-state index contributed by atoms with van der Waals surface area (Å²) in [6.45, 7) is 0. The molecular weight excluding hydrogens is 833 g/mol. The van der Waals surface area contributed by atoms with Crippen LogP contribution >= 0.6 is 0 Å². The molecular formula is C67H44N2. The molecule has 69 heavy (non-hydrogen) atoms. The quantitative estimate of drug-likeness (QED) is 0.151. The first-order valence-corrected chi connectivity index (χ1v) is 23.9. The van der Waals surface area contributed by atoms with Crippen LogP contribution in [0, 0.1) is 0 Å². The molecule has 0 N–H and O–H groups in total. The van der Waals surface area contributed by atoms with Crippen LogP contribution in [0.5, 0.6) is 0 Å². The van der Waals surface area contributed by atoms with E-state index in [0.717, 1.165) is 5.69 Å². The van der Waals surface area contributed by atoms with E-state index >= 15 is 0 Å². The Labute approximate surface area is 401 Å². The van der Waals surface area contributed by atoms with E-state index in [1.54, 1.807) is 0 Å². The van der Waals surface area contributed by atoms with E-state index in [0.29, 0.717) is 0 Å². The molecule has 1 aliphatic carbocycles. The van der Waals surface area contributed by atoms with Gasteiger partial charge in [-0.2, -0.15) is 0 Å². The summed E-state index contributed by atoms with van der Waals surface area (Å²) in [4.78, 5) is 0. The van der Waals surface area contributed by atoms with Crippen LogP contribution in [0.15, 0.2) is 267 Å². The minimum atomic E-state index is -0.474. The molecule has 2 heterocycles. The van der Waals surface area contributed by atoms with Crippen molar-refractivity contribution in [2.75, 3.05) is 0 Å². The number of para-hydroxylation sites is 1. The van der Waals surface area contributed by atoms with Gasteiger partial charge in [0.15, 0.2) is 0 Å². The molecule has 13 aromatic rings. The van der Waals surface area contributed by atoms with Crippen LogP contribution in [0.3, 0.4) is 0 Å². The first kappa shape index (κ1) is 39.2. The number of fused-ring (bicyclic) bond motifs is 9. The third-order valence-corrected chi connectivity index (χ3v) is 14.8. The van der Waals surface area contributed by atoms with Crippen LogP contribution in [-0.4, -0.2) is 9.13 Å². The summed E-state index contributed by atoms with van der Waals surface area (Å²) in [5.74, 6) is 0. The summed E-state index contributed by atoms with van der Waals surface area (Å²) in [6.07, 6.45) is 0. The maximum atomic E-state index is 2.51. The van der Waals surface area contributed by atoms with Crippen molar-refractivity contribution in [1.29, 1.82) is 0 Å². The lowest BCUT2D eigenvalue weighted by molar-refractivity contribution is 0.768. The monoisotopic (exact) mass is 876 g/mol. The zero-order valence-corrected chi connectivity index (χ0v) is 37.8. The fraction of sp³-hybridized carbons (Fsp3) is 0.0149. The van der Waals surface area contributed by atoms with E-state index in [4.69, 9.17) is 0 Å². The van der Waals surface area contributed by atoms with Gasteiger partial charge in [0.05, 0.1) is 33.2 Å². The number of benzene rings is 11. The Morgan fingerprint density at radius 1 is 0.261 bits per heavy atom. The molecule has 0 atom stereocenters. The van der Waals surface area contributed by atoms with E-state index in [1.807, 2.05) is 0 Å². The Morgan fingerprint density at radius 2 is 0.681 bits per heavy atom. The van der Waals surface area contributed by atoms with Crippen LogP contribution in [0.1, 0.15) is 22.3 Å². The zero-order chi connectivity index (χ0) is 45.5. The molecule has 0 aliphatic heterocycles. The molecule has 0 radical (unpaired) electrons. The lowest BCUT2D eigenvalue weighted by Crippen LogP contribution is -2.28. The SMILES string of the molecule is c1ccc(-c2ccc3c(c2)c2cc(-c4ccccc4)ccc2n3-c2ccc(-c3ccc4c(c3)c3ccccc3n4-c3cccc4c3-c3ccccc3C4(c3ccccc3)c3ccccc3)cc2)cc1. The molecule has 14 rings (SSSR count). The van der Waals surface area contributed by atoms with Gasteiger partial charge < -0.3 is 9.13 Å². The molecule has 0 fully saturated rings. The molecule has 0 unspecified atom stereocenters. The molecule has 11 aromatic carbocycles. The summed E-state index contributed by atoms with van der Waals surface area (Å²) < 4.78 is 4.93. The van der Waals surface area contributed by atoms with Gasteiger partial charge in [-0.3, -0.25) is 0 Å². The summed E-state index contributed by atoms with van der Waals surface area (Å²) in [6, 6.07) is 98.5. The highest BCUT2D eigenvalue weighted by atomic mass is 15.0. The predicted molar refractivity (Wildman–Crippen MR) is 289 cm³/mol. The maximum Gasteiger partial charge on any atom is 0.0714 e. The van der Waals surface area contributed by atoms with E-state index in [1.165, 1.54) is 116 Å². The van der Waals surface area contributed by atoms with E-state index in [9.17, 15) is 0 Å². The predicted octanol–water partition coefficient (Wildman–Crippen LogP) is 17.2. The second kappa shape index (κ2) is 15.6. The largest absolute Gasteiger partial charge is 0.309 e. The smallest absolute Gasteiger partial charge is 0.0714 e. The van der Waals surface area contributed by atoms with E-state index < -0.39 is 5.41 Å². The molecule has 322 valence electrons. The van der Waals surface area contributed by atoms with Gasteiger partial charge >= 0.3 is 0 Å². The third-order valence-electron chi connectivity index (χ3n) is 14.8. The third kappa shape index (κ3) is 5.92. The lowest BCUT2D eigenvalue weighted by atomic mass is 9.68. The Bertz CT molecular complexity index is 3950. The van der Waals surface area contributed by atoms with Gasteiger partial charge in [0.2, 0.25) is 0 Å². The summed E-state index contributed by atoms with van der Waals surface area (Å²) in [5, 5.41) is 4.96. The Balaban J connectivity index is 0.908. The lowest BCUT2D eigenvalue weighted by Gasteiger charge is -2.34. The van der Waals surface area contributed by atoms with Crippen LogP contribution < -0.4 is 0 Å². The fourth-order valence-electron chi connectivity index (χ4n) is 11.8. The Kier molecular flexibility index (Phi) is 8.84. The average Bonchev–Trinajstić information content (AvgIpc) is 4.05. The highest BCUT2D eigenvalue weighted by Gasteiger charge is 2.47. The van der Waals surface area contributed by atoms with Crippen LogP contribution in [0.2, 0.25) is 0 Å². The average molecular weight is 877 g/mol. The number of hydrogen-bond donors (Lipinski definition) is 0. The van der Waals surface area contributed by atoms with Crippen molar-refractivity contribution in [2.45, 2.75) is 5.41 Å². The Morgan fingerprint density at radius 3 is 1.26 bits per heavy atom. The van der Waals surface area contributed by atoms with E-state index in [-0.39, 0.29) is 0 Å². The van der Waals surface area contributed by atoms with Crippen molar-refractivity contribution >= 4 is 43.6 Å². The van der Waals surface area contributed by atoms with Crippen molar-refractivity contribution in [1.82, 2.24) is 9.13 Å². The molecule has 0 saturated heterocycles. The number of nitrogens with zero attached hydrogens (tertiary/aromatic N) is 2. The van der Waals surface area contributed by atoms with Crippen molar-refractivity contribution in [2.24, 2.45) is 0 Å². The van der Waals surface area contributed by atoms with Gasteiger partial charge in [-0.25, -0.2) is 0 Å². The molecule has 2 heteroatoms. The Hall–Kier alpha value is -8.98. The molecule has 0 bridgehead atoms. The fourth-order valence-corrected chi connectivity index (χ4v) is 11.8. The molecule has 0 saturated carbocycles. The molecule has 2 nitrogen and oxygen atoms in total. The van der Waals surface area contributed by atoms with Crippen LogP contribution in [-0.2, 0) is 5.41 Å². The first-order chi connectivity index (χ1) is 34.2. The number of aromatic nitrogens is 2. The summed E-state index contributed by atoms with van der Waals surface area (Å²) in [5.41, 5.74) is 21.6. The van der Waals surface area contributed by atoms with Gasteiger partial charge in [0, 0.05) is 32.8 Å². The van der Waals surface area contributed by atoms with Crippen molar-refractivity contribution in [3.63, 3.8) is 0 Å². The molecule has 2 aromatic heterocycles. The first-order valence-electron chi connectivity index (χ1n) is 23.9. The van der Waals surface area contributed by atoms with Gasteiger partial charge in [0.1, 0.15) is 0 Å². The van der Waals surface area contributed by atoms with E-state index in [2.05, 4.69) is 276 Å². The minimum Gasteiger partial charge on any atom is -0.309 e. The van der Waals surface area contributed by atoms with Crippen molar-refractivity contribution in [3.8, 4) is 55.9 Å². The van der Waals surface area contributed by atoms with Crippen LogP contribution in [0.25, 0.3) is 99.5 Å². The van der Waals surface area contributed by atoms with Crippen LogP contribution in [0.4, 0.5) is 0 Å². The summed E-state index contributed by atoms with van der Waals surface area (Å²) >= 11 is 0. The molecule has 0 spiro atoms. The topological polar surface area (TPSA) is 9.86 Å². The molecule has 1 aliphatic rings. The van der Waals surface area contributed by atoms with Gasteiger partial charge in [-0.05, 0) is 122 Å². The summed E-state index contributed by atoms with van der Waals surface area (Å²) in [7, 11) is 0. The number of rotatable bonds is 7. The highest BCUT2D eigenvalue weighted by Crippen LogP contribution is 2.58. The van der Waals surface area contributed by atoms with Crippen molar-refractivity contribution in [3.05, 3.63) is 289 Å². The second-order valence-corrected chi connectivity index (χ2v) is 18.4. The van der Waals surface area contributed by atoms with Gasteiger partial charge in [-0.15, -0.1) is 0 Å². The highest BCUT2D eigenvalue weighted by molar-refractivity contribution is 6.13.